The number of aromatic amines is 1. The van der Waals surface area contributed by atoms with Crippen LogP contribution in [-0.4, -0.2) is 66.4 Å². The number of methoxy groups -OCH3 is 1. The Kier molecular flexibility index (Phi) is 7.00. The first-order valence-electron chi connectivity index (χ1n) is 8.15. The number of hydrogen-bond acceptors (Lipinski definition) is 4. The zero-order chi connectivity index (χ0) is 18.4. The van der Waals surface area contributed by atoms with Crippen LogP contribution in [0.4, 0.5) is 0 Å². The molecule has 1 rings (SSSR count). The van der Waals surface area contributed by atoms with E-state index in [0.717, 1.165) is 0 Å². The number of esters is 1. The van der Waals surface area contributed by atoms with Gasteiger partial charge in [-0.15, -0.1) is 0 Å². The van der Waals surface area contributed by atoms with Crippen LogP contribution in [0.25, 0.3) is 0 Å². The Balaban J connectivity index is 3.05. The van der Waals surface area contributed by atoms with Crippen molar-refractivity contribution in [2.75, 3.05) is 33.8 Å². The minimum absolute atomic E-state index is 0.00596. The summed E-state index contributed by atoms with van der Waals surface area (Å²) in [5, 5.41) is 0. The first-order valence-corrected chi connectivity index (χ1v) is 8.15. The highest BCUT2D eigenvalue weighted by Crippen LogP contribution is 2.21. The molecule has 0 unspecified atom stereocenters. The van der Waals surface area contributed by atoms with Crippen LogP contribution in [0.15, 0.2) is 0 Å². The Morgan fingerprint density at radius 3 is 2.17 bits per heavy atom. The highest BCUT2D eigenvalue weighted by molar-refractivity contribution is 6.01. The smallest absolute Gasteiger partial charge is 0.339 e. The van der Waals surface area contributed by atoms with Crippen LogP contribution in [-0.2, 0) is 16.0 Å². The highest BCUT2D eigenvalue weighted by atomic mass is 16.5. The Morgan fingerprint density at radius 1 is 1.12 bits per heavy atom. The zero-order valence-corrected chi connectivity index (χ0v) is 15.4. The van der Waals surface area contributed by atoms with E-state index in [1.807, 2.05) is 20.8 Å². The minimum Gasteiger partial charge on any atom is -0.465 e. The van der Waals surface area contributed by atoms with Crippen LogP contribution in [0.5, 0.6) is 0 Å². The van der Waals surface area contributed by atoms with Gasteiger partial charge < -0.3 is 19.5 Å². The van der Waals surface area contributed by atoms with Crippen molar-refractivity contribution >= 4 is 17.8 Å². The van der Waals surface area contributed by atoms with Crippen molar-refractivity contribution in [2.45, 2.75) is 34.1 Å². The molecule has 0 bridgehead atoms. The topological polar surface area (TPSA) is 82.7 Å². The van der Waals surface area contributed by atoms with Crippen LogP contribution in [0.2, 0.25) is 0 Å². The number of ether oxygens (including phenoxy) is 1. The maximum Gasteiger partial charge on any atom is 0.339 e. The quantitative estimate of drug-likeness (QED) is 0.766. The van der Waals surface area contributed by atoms with Crippen molar-refractivity contribution in [3.05, 3.63) is 22.5 Å². The summed E-state index contributed by atoms with van der Waals surface area (Å²) in [6, 6.07) is 0. The standard InChI is InChI=1S/C17H27N3O4/c1-7-12-14(17(23)24-6)11(4)15(18-12)16(22)19(5)10-13(21)20(8-2)9-3/h18H,7-10H2,1-6H3. The SMILES string of the molecule is CCc1[nH]c(C(=O)N(C)CC(=O)N(CC)CC)c(C)c1C(=O)OC. The molecule has 0 atom stereocenters. The molecule has 7 heteroatoms. The van der Waals surface area contributed by atoms with Gasteiger partial charge in [-0.25, -0.2) is 4.79 Å². The van der Waals surface area contributed by atoms with E-state index in [1.54, 1.807) is 18.9 Å². The summed E-state index contributed by atoms with van der Waals surface area (Å²) < 4.78 is 4.79. The third kappa shape index (κ3) is 3.96. The highest BCUT2D eigenvalue weighted by Gasteiger charge is 2.26. The summed E-state index contributed by atoms with van der Waals surface area (Å²) in [7, 11) is 2.89. The third-order valence-electron chi connectivity index (χ3n) is 4.12. The molecule has 0 fully saturated rings. The van der Waals surface area contributed by atoms with Gasteiger partial charge in [-0.3, -0.25) is 9.59 Å². The second-order valence-corrected chi connectivity index (χ2v) is 5.55. The van der Waals surface area contributed by atoms with E-state index in [9.17, 15) is 14.4 Å². The van der Waals surface area contributed by atoms with Crippen molar-refractivity contribution in [3.8, 4) is 0 Å². The first-order chi connectivity index (χ1) is 11.3. The van der Waals surface area contributed by atoms with Crippen LogP contribution < -0.4 is 0 Å². The minimum atomic E-state index is -0.471. The Morgan fingerprint density at radius 2 is 1.71 bits per heavy atom. The van der Waals surface area contributed by atoms with E-state index >= 15 is 0 Å². The van der Waals surface area contributed by atoms with Gasteiger partial charge in [-0.2, -0.15) is 0 Å². The number of amides is 2. The number of nitrogens with one attached hydrogen (secondary N) is 1. The van der Waals surface area contributed by atoms with Gasteiger partial charge in [0.1, 0.15) is 5.69 Å². The number of aryl methyl sites for hydroxylation is 1. The number of hydrogen-bond donors (Lipinski definition) is 1. The summed E-state index contributed by atoms with van der Waals surface area (Å²) in [5.74, 6) is -0.900. The Hall–Kier alpha value is -2.31. The molecule has 1 N–H and O–H groups in total. The van der Waals surface area contributed by atoms with Gasteiger partial charge >= 0.3 is 5.97 Å². The average Bonchev–Trinajstić information content (AvgIpc) is 2.90. The molecular formula is C17H27N3O4. The van der Waals surface area contributed by atoms with E-state index in [4.69, 9.17) is 4.74 Å². The average molecular weight is 337 g/mol. The fourth-order valence-electron chi connectivity index (χ4n) is 2.66. The molecule has 0 aliphatic rings. The Bertz CT molecular complexity index is 618. The van der Waals surface area contributed by atoms with Gasteiger partial charge in [0, 0.05) is 25.8 Å². The largest absolute Gasteiger partial charge is 0.465 e. The number of nitrogens with zero attached hydrogens (tertiary/aromatic N) is 2. The third-order valence-corrected chi connectivity index (χ3v) is 4.12. The molecular weight excluding hydrogens is 310 g/mol. The molecule has 7 nitrogen and oxygen atoms in total. The number of carbonyl (C=O) groups excluding carboxylic acids is 3. The second kappa shape index (κ2) is 8.52. The van der Waals surface area contributed by atoms with Crippen LogP contribution in [0.1, 0.15) is 52.9 Å². The van der Waals surface area contributed by atoms with Crippen molar-refractivity contribution in [3.63, 3.8) is 0 Å². The summed E-state index contributed by atoms with van der Waals surface area (Å²) in [6.45, 7) is 8.59. The van der Waals surface area contributed by atoms with E-state index in [2.05, 4.69) is 4.98 Å². The van der Waals surface area contributed by atoms with E-state index in [1.165, 1.54) is 12.0 Å². The number of H-pyrrole nitrogens is 1. The predicted molar refractivity (Wildman–Crippen MR) is 91.1 cm³/mol. The van der Waals surface area contributed by atoms with Crippen molar-refractivity contribution in [2.24, 2.45) is 0 Å². The number of rotatable bonds is 7. The van der Waals surface area contributed by atoms with Gasteiger partial charge in [0.25, 0.3) is 5.91 Å². The summed E-state index contributed by atoms with van der Waals surface area (Å²) in [6.07, 6.45) is 0.570. The maximum atomic E-state index is 12.7. The monoisotopic (exact) mass is 337 g/mol. The fraction of sp³-hybridized carbons (Fsp3) is 0.588. The van der Waals surface area contributed by atoms with Gasteiger partial charge in [-0.1, -0.05) is 6.92 Å². The lowest BCUT2D eigenvalue weighted by molar-refractivity contribution is -0.131. The Labute approximate surface area is 143 Å². The summed E-state index contributed by atoms with van der Waals surface area (Å²) >= 11 is 0. The maximum absolute atomic E-state index is 12.7. The number of carbonyl (C=O) groups is 3. The molecule has 0 aliphatic carbocycles. The molecule has 0 saturated carbocycles. The molecule has 2 amide bonds. The van der Waals surface area contributed by atoms with Crippen LogP contribution >= 0.6 is 0 Å². The molecule has 1 heterocycles. The molecule has 0 saturated heterocycles. The molecule has 134 valence electrons. The van der Waals surface area contributed by atoms with Crippen LogP contribution in [0, 0.1) is 6.92 Å². The lowest BCUT2D eigenvalue weighted by atomic mass is 10.1. The second-order valence-electron chi connectivity index (χ2n) is 5.55. The lowest BCUT2D eigenvalue weighted by Gasteiger charge is -2.23. The van der Waals surface area contributed by atoms with Gasteiger partial charge in [0.15, 0.2) is 0 Å². The van der Waals surface area contributed by atoms with Crippen molar-refractivity contribution in [1.29, 1.82) is 0 Å². The van der Waals surface area contributed by atoms with Gasteiger partial charge in [-0.05, 0) is 32.8 Å². The van der Waals surface area contributed by atoms with Crippen molar-refractivity contribution < 1.29 is 19.1 Å². The van der Waals surface area contributed by atoms with E-state index < -0.39 is 5.97 Å². The molecule has 24 heavy (non-hydrogen) atoms. The fourth-order valence-corrected chi connectivity index (χ4v) is 2.66. The van der Waals surface area contributed by atoms with Gasteiger partial charge in [0.2, 0.25) is 5.91 Å². The van der Waals surface area contributed by atoms with E-state index in [0.29, 0.717) is 42.0 Å². The molecule has 0 aromatic carbocycles. The van der Waals surface area contributed by atoms with Gasteiger partial charge in [0.05, 0.1) is 19.2 Å². The zero-order valence-electron chi connectivity index (χ0n) is 15.4. The van der Waals surface area contributed by atoms with Crippen LogP contribution in [0.3, 0.4) is 0 Å². The molecule has 1 aromatic rings. The van der Waals surface area contributed by atoms with E-state index in [-0.39, 0.29) is 18.4 Å². The molecule has 0 aliphatic heterocycles. The molecule has 1 aromatic heterocycles. The lowest BCUT2D eigenvalue weighted by Crippen LogP contribution is -2.41. The molecule has 0 radical (unpaired) electrons. The normalized spacial score (nSPS) is 10.4. The number of aromatic nitrogens is 1. The summed E-state index contributed by atoms with van der Waals surface area (Å²) in [4.78, 5) is 42.8. The van der Waals surface area contributed by atoms with Crippen molar-refractivity contribution in [1.82, 2.24) is 14.8 Å². The predicted octanol–water partition coefficient (Wildman–Crippen LogP) is 1.61. The summed E-state index contributed by atoms with van der Waals surface area (Å²) in [5.41, 5.74) is 1.92. The number of likely N-dealkylation sites (N-methyl/N-ethyl adjacent to an activating group) is 2. The molecule has 0 spiro atoms. The first kappa shape index (κ1) is 19.7.